The van der Waals surface area contributed by atoms with Crippen LogP contribution in [0.2, 0.25) is 0 Å². The van der Waals surface area contributed by atoms with Crippen LogP contribution in [0.1, 0.15) is 5.56 Å². The molecule has 0 spiro atoms. The first kappa shape index (κ1) is 9.00. The minimum absolute atomic E-state index is 0.649. The zero-order valence-electron chi connectivity index (χ0n) is 6.38. The Morgan fingerprint density at radius 1 is 1.50 bits per heavy atom. The normalized spacial score (nSPS) is 9.08. The van der Waals surface area contributed by atoms with Crippen molar-refractivity contribution in [2.45, 2.75) is 0 Å². The van der Waals surface area contributed by atoms with E-state index in [1.54, 1.807) is 6.08 Å². The Morgan fingerprint density at radius 2 is 2.25 bits per heavy atom. The molecule has 2 nitrogen and oxygen atoms in total. The van der Waals surface area contributed by atoms with Gasteiger partial charge in [-0.1, -0.05) is 28.6 Å². The zero-order chi connectivity index (χ0) is 8.97. The summed E-state index contributed by atoms with van der Waals surface area (Å²) < 4.78 is 0.967. The van der Waals surface area contributed by atoms with E-state index in [9.17, 15) is 4.79 Å². The quantitative estimate of drug-likeness (QED) is 0.788. The van der Waals surface area contributed by atoms with Gasteiger partial charge in [0.25, 0.3) is 0 Å². The summed E-state index contributed by atoms with van der Waals surface area (Å²) in [5, 5.41) is 2.58. The SMILES string of the molecule is C=Cc1cc(Br)ccc1NC=O. The summed E-state index contributed by atoms with van der Waals surface area (Å²) in [6, 6.07) is 5.56. The molecule has 0 aliphatic heterocycles. The van der Waals surface area contributed by atoms with E-state index in [1.165, 1.54) is 0 Å². The van der Waals surface area contributed by atoms with E-state index in [0.29, 0.717) is 6.41 Å². The summed E-state index contributed by atoms with van der Waals surface area (Å²) in [7, 11) is 0. The van der Waals surface area contributed by atoms with Crippen molar-refractivity contribution in [3.8, 4) is 0 Å². The fourth-order valence-corrected chi connectivity index (χ4v) is 1.28. The first-order valence-corrected chi connectivity index (χ1v) is 4.19. The maximum Gasteiger partial charge on any atom is 0.211 e. The lowest BCUT2D eigenvalue weighted by atomic mass is 10.2. The van der Waals surface area contributed by atoms with Gasteiger partial charge in [0.1, 0.15) is 0 Å². The van der Waals surface area contributed by atoms with E-state index in [-0.39, 0.29) is 0 Å². The van der Waals surface area contributed by atoms with Crippen molar-refractivity contribution in [1.29, 1.82) is 0 Å². The maximum absolute atomic E-state index is 10.2. The summed E-state index contributed by atoms with van der Waals surface area (Å²) in [5.74, 6) is 0. The van der Waals surface area contributed by atoms with Crippen LogP contribution in [0.3, 0.4) is 0 Å². The van der Waals surface area contributed by atoms with Crippen LogP contribution in [-0.2, 0) is 4.79 Å². The van der Waals surface area contributed by atoms with Crippen molar-refractivity contribution in [2.75, 3.05) is 5.32 Å². The highest BCUT2D eigenvalue weighted by molar-refractivity contribution is 9.10. The van der Waals surface area contributed by atoms with Crippen molar-refractivity contribution < 1.29 is 4.79 Å². The second-order valence-electron chi connectivity index (χ2n) is 2.20. The van der Waals surface area contributed by atoms with Crippen LogP contribution in [-0.4, -0.2) is 6.41 Å². The second-order valence-corrected chi connectivity index (χ2v) is 3.11. The summed E-state index contributed by atoms with van der Waals surface area (Å²) in [6.07, 6.45) is 2.34. The number of hydrogen-bond donors (Lipinski definition) is 1. The number of carbonyl (C=O) groups is 1. The van der Waals surface area contributed by atoms with Crippen molar-refractivity contribution in [3.63, 3.8) is 0 Å². The Labute approximate surface area is 79.4 Å². The fourth-order valence-electron chi connectivity index (χ4n) is 0.897. The van der Waals surface area contributed by atoms with Crippen molar-refractivity contribution in [2.24, 2.45) is 0 Å². The molecule has 0 saturated heterocycles. The Balaban J connectivity index is 3.10. The van der Waals surface area contributed by atoms with Gasteiger partial charge in [-0.25, -0.2) is 0 Å². The van der Waals surface area contributed by atoms with E-state index >= 15 is 0 Å². The van der Waals surface area contributed by atoms with Crippen LogP contribution in [0.25, 0.3) is 6.08 Å². The van der Waals surface area contributed by atoms with Gasteiger partial charge in [0.2, 0.25) is 6.41 Å². The van der Waals surface area contributed by atoms with Crippen LogP contribution in [0.5, 0.6) is 0 Å². The Kier molecular flexibility index (Phi) is 3.05. The first-order valence-electron chi connectivity index (χ1n) is 3.40. The highest BCUT2D eigenvalue weighted by atomic mass is 79.9. The molecule has 0 saturated carbocycles. The fraction of sp³-hybridized carbons (Fsp3) is 0. The van der Waals surface area contributed by atoms with E-state index in [1.807, 2.05) is 18.2 Å². The van der Waals surface area contributed by atoms with Gasteiger partial charge in [0.05, 0.1) is 0 Å². The van der Waals surface area contributed by atoms with Crippen LogP contribution >= 0.6 is 15.9 Å². The molecule has 1 N–H and O–H groups in total. The highest BCUT2D eigenvalue weighted by Crippen LogP contribution is 2.21. The molecule has 0 aromatic heterocycles. The van der Waals surface area contributed by atoms with Crippen LogP contribution in [0, 0.1) is 0 Å². The molecule has 12 heavy (non-hydrogen) atoms. The molecule has 0 unspecified atom stereocenters. The third kappa shape index (κ3) is 1.95. The number of benzene rings is 1. The predicted molar refractivity (Wildman–Crippen MR) is 53.9 cm³/mol. The molecule has 1 aromatic rings. The van der Waals surface area contributed by atoms with Gasteiger partial charge in [0.15, 0.2) is 0 Å². The highest BCUT2D eigenvalue weighted by Gasteiger charge is 1.97. The molecule has 0 aliphatic carbocycles. The minimum atomic E-state index is 0.649. The Morgan fingerprint density at radius 3 is 2.83 bits per heavy atom. The second kappa shape index (κ2) is 4.07. The molecule has 0 heterocycles. The maximum atomic E-state index is 10.2. The molecule has 0 aliphatic rings. The van der Waals surface area contributed by atoms with Gasteiger partial charge >= 0.3 is 0 Å². The number of carbonyl (C=O) groups excluding carboxylic acids is 1. The van der Waals surface area contributed by atoms with Gasteiger partial charge < -0.3 is 5.32 Å². The van der Waals surface area contributed by atoms with Gasteiger partial charge in [-0.2, -0.15) is 0 Å². The predicted octanol–water partition coefficient (Wildman–Crippen LogP) is 2.66. The average molecular weight is 226 g/mol. The molecule has 0 radical (unpaired) electrons. The van der Waals surface area contributed by atoms with E-state index in [2.05, 4.69) is 27.8 Å². The molecule has 1 rings (SSSR count). The molecule has 1 amide bonds. The molecule has 0 fully saturated rings. The molecule has 62 valence electrons. The van der Waals surface area contributed by atoms with Crippen LogP contribution in [0.4, 0.5) is 5.69 Å². The molecule has 1 aromatic carbocycles. The monoisotopic (exact) mass is 225 g/mol. The summed E-state index contributed by atoms with van der Waals surface area (Å²) in [5.41, 5.74) is 1.67. The molecular formula is C9H8BrNO. The number of hydrogen-bond acceptors (Lipinski definition) is 1. The van der Waals surface area contributed by atoms with Gasteiger partial charge in [-0.05, 0) is 23.8 Å². The largest absolute Gasteiger partial charge is 0.328 e. The van der Waals surface area contributed by atoms with Gasteiger partial charge in [-0.15, -0.1) is 0 Å². The minimum Gasteiger partial charge on any atom is -0.328 e. The topological polar surface area (TPSA) is 29.1 Å². The molecular weight excluding hydrogens is 218 g/mol. The van der Waals surface area contributed by atoms with Crippen LogP contribution < -0.4 is 5.32 Å². The van der Waals surface area contributed by atoms with Crippen molar-refractivity contribution in [1.82, 2.24) is 0 Å². The molecule has 0 bridgehead atoms. The van der Waals surface area contributed by atoms with Gasteiger partial charge in [-0.3, -0.25) is 4.79 Å². The molecule has 0 atom stereocenters. The molecule has 3 heteroatoms. The number of anilines is 1. The Hall–Kier alpha value is -1.09. The van der Waals surface area contributed by atoms with E-state index < -0.39 is 0 Å². The van der Waals surface area contributed by atoms with E-state index in [4.69, 9.17) is 0 Å². The smallest absolute Gasteiger partial charge is 0.211 e. The first-order chi connectivity index (χ1) is 5.77. The van der Waals surface area contributed by atoms with Crippen molar-refractivity contribution in [3.05, 3.63) is 34.8 Å². The van der Waals surface area contributed by atoms with E-state index in [0.717, 1.165) is 15.7 Å². The number of amides is 1. The lowest BCUT2D eigenvalue weighted by molar-refractivity contribution is -0.105. The third-order valence-electron chi connectivity index (χ3n) is 1.45. The Bertz CT molecular complexity index is 309. The third-order valence-corrected chi connectivity index (χ3v) is 1.94. The van der Waals surface area contributed by atoms with Crippen molar-refractivity contribution >= 4 is 34.1 Å². The average Bonchev–Trinajstić information content (AvgIpc) is 2.08. The van der Waals surface area contributed by atoms with Crippen LogP contribution in [0.15, 0.2) is 29.3 Å². The number of halogens is 1. The lowest BCUT2D eigenvalue weighted by Crippen LogP contribution is -1.95. The number of rotatable bonds is 3. The summed E-state index contributed by atoms with van der Waals surface area (Å²) >= 11 is 3.32. The van der Waals surface area contributed by atoms with Gasteiger partial charge in [0, 0.05) is 10.2 Å². The number of nitrogens with one attached hydrogen (secondary N) is 1. The summed E-state index contributed by atoms with van der Waals surface area (Å²) in [4.78, 5) is 10.2. The lowest BCUT2D eigenvalue weighted by Gasteiger charge is -2.03. The zero-order valence-corrected chi connectivity index (χ0v) is 7.97. The summed E-state index contributed by atoms with van der Waals surface area (Å²) in [6.45, 7) is 3.64. The standard InChI is InChI=1S/C9H8BrNO/c1-2-7-5-8(10)3-4-9(7)11-6-12/h2-6H,1H2,(H,11,12).